The minimum atomic E-state index is 0.185. The van der Waals surface area contributed by atoms with E-state index < -0.39 is 0 Å². The van der Waals surface area contributed by atoms with Crippen LogP contribution in [0.1, 0.15) is 43.4 Å². The summed E-state index contributed by atoms with van der Waals surface area (Å²) in [6, 6.07) is 2.20. The van der Waals surface area contributed by atoms with E-state index in [-0.39, 0.29) is 6.04 Å². The Morgan fingerprint density at radius 3 is 2.67 bits per heavy atom. The second-order valence-corrected chi connectivity index (χ2v) is 6.33. The molecule has 2 aromatic rings. The van der Waals surface area contributed by atoms with Crippen molar-refractivity contribution in [1.82, 2.24) is 9.97 Å². The van der Waals surface area contributed by atoms with Gasteiger partial charge in [-0.1, -0.05) is 13.8 Å². The second-order valence-electron chi connectivity index (χ2n) is 4.52. The molecule has 0 spiro atoms. The summed E-state index contributed by atoms with van der Waals surface area (Å²) in [6.45, 7) is 6.44. The van der Waals surface area contributed by atoms with Gasteiger partial charge in [-0.05, 0) is 28.9 Å². The number of thiazole rings is 1. The molecule has 96 valence electrons. The molecule has 5 heteroatoms. The fraction of sp³-hybridized carbons (Fsp3) is 0.385. The molecule has 0 amide bonds. The molecule has 0 aliphatic heterocycles. The molecule has 0 aliphatic rings. The first kappa shape index (κ1) is 13.5. The molecule has 0 bridgehead atoms. The molecule has 0 saturated carbocycles. The van der Waals surface area contributed by atoms with E-state index in [4.69, 9.17) is 0 Å². The Morgan fingerprint density at radius 2 is 2.06 bits per heavy atom. The van der Waals surface area contributed by atoms with E-state index in [9.17, 15) is 0 Å². The molecule has 0 aromatic carbocycles. The van der Waals surface area contributed by atoms with Crippen LogP contribution in [0, 0.1) is 0 Å². The van der Waals surface area contributed by atoms with Gasteiger partial charge in [0.15, 0.2) is 0 Å². The Balaban J connectivity index is 2.09. The zero-order valence-electron chi connectivity index (χ0n) is 10.6. The average molecular weight is 326 g/mol. The Kier molecular flexibility index (Phi) is 4.35. The van der Waals surface area contributed by atoms with Gasteiger partial charge in [0, 0.05) is 22.0 Å². The smallest absolute Gasteiger partial charge is 0.0954 e. The Bertz CT molecular complexity index is 524. The topological polar surface area (TPSA) is 37.8 Å². The molecule has 0 aliphatic carbocycles. The number of hydrogen-bond acceptors (Lipinski definition) is 4. The summed E-state index contributed by atoms with van der Waals surface area (Å²) in [7, 11) is 0. The highest BCUT2D eigenvalue weighted by molar-refractivity contribution is 9.10. The summed E-state index contributed by atoms with van der Waals surface area (Å²) in [5.41, 5.74) is 2.08. The number of nitrogens with one attached hydrogen (secondary N) is 1. The molecule has 0 fully saturated rings. The van der Waals surface area contributed by atoms with E-state index in [1.807, 2.05) is 12.3 Å². The van der Waals surface area contributed by atoms with E-state index in [1.54, 1.807) is 17.5 Å². The lowest BCUT2D eigenvalue weighted by molar-refractivity contribution is 0.801. The molecule has 1 N–H and O–H groups in total. The van der Waals surface area contributed by atoms with Crippen molar-refractivity contribution in [3.05, 3.63) is 39.0 Å². The molecular weight excluding hydrogens is 310 g/mol. The van der Waals surface area contributed by atoms with Crippen LogP contribution in [0.15, 0.2) is 28.3 Å². The SMILES string of the molecule is CC(C)c1nc(C(C)Nc2cncc(Br)c2)cs1. The fourth-order valence-electron chi connectivity index (χ4n) is 1.58. The van der Waals surface area contributed by atoms with Gasteiger partial charge in [0.05, 0.1) is 28.6 Å². The van der Waals surface area contributed by atoms with Crippen LogP contribution < -0.4 is 5.32 Å². The molecule has 0 saturated heterocycles. The third-order valence-corrected chi connectivity index (χ3v) is 4.16. The number of halogens is 1. The summed E-state index contributed by atoms with van der Waals surface area (Å²) in [4.78, 5) is 8.79. The Labute approximate surface area is 120 Å². The number of rotatable bonds is 4. The van der Waals surface area contributed by atoms with Crippen molar-refractivity contribution in [3.63, 3.8) is 0 Å². The number of nitrogens with zero attached hydrogens (tertiary/aromatic N) is 2. The third kappa shape index (κ3) is 3.29. The highest BCUT2D eigenvalue weighted by atomic mass is 79.9. The van der Waals surface area contributed by atoms with Gasteiger partial charge in [-0.25, -0.2) is 4.98 Å². The maximum absolute atomic E-state index is 4.65. The lowest BCUT2D eigenvalue weighted by Crippen LogP contribution is -2.07. The lowest BCUT2D eigenvalue weighted by atomic mass is 10.2. The number of hydrogen-bond donors (Lipinski definition) is 1. The molecule has 2 rings (SSSR count). The fourth-order valence-corrected chi connectivity index (χ4v) is 2.87. The van der Waals surface area contributed by atoms with E-state index in [0.717, 1.165) is 15.9 Å². The van der Waals surface area contributed by atoms with Gasteiger partial charge in [-0.15, -0.1) is 11.3 Å². The van der Waals surface area contributed by atoms with Gasteiger partial charge in [-0.3, -0.25) is 4.98 Å². The van der Waals surface area contributed by atoms with Crippen molar-refractivity contribution >= 4 is 33.0 Å². The van der Waals surface area contributed by atoms with Crippen LogP contribution in [0.2, 0.25) is 0 Å². The maximum atomic E-state index is 4.65. The standard InChI is InChI=1S/C13H16BrN3S/c1-8(2)13-17-12(7-18-13)9(3)16-11-4-10(14)5-15-6-11/h4-9,16H,1-3H3. The van der Waals surface area contributed by atoms with Crippen LogP contribution in [0.4, 0.5) is 5.69 Å². The number of aromatic nitrogens is 2. The van der Waals surface area contributed by atoms with Crippen molar-refractivity contribution in [1.29, 1.82) is 0 Å². The number of anilines is 1. The molecule has 18 heavy (non-hydrogen) atoms. The van der Waals surface area contributed by atoms with E-state index >= 15 is 0 Å². The molecule has 2 heterocycles. The minimum Gasteiger partial charge on any atom is -0.376 e. The van der Waals surface area contributed by atoms with Crippen LogP contribution in [-0.4, -0.2) is 9.97 Å². The van der Waals surface area contributed by atoms with Crippen LogP contribution >= 0.6 is 27.3 Å². The normalized spacial score (nSPS) is 12.7. The second kappa shape index (κ2) is 5.80. The zero-order chi connectivity index (χ0) is 13.1. The first-order valence-corrected chi connectivity index (χ1v) is 7.56. The monoisotopic (exact) mass is 325 g/mol. The van der Waals surface area contributed by atoms with Crippen LogP contribution in [-0.2, 0) is 0 Å². The molecule has 3 nitrogen and oxygen atoms in total. The lowest BCUT2D eigenvalue weighted by Gasteiger charge is -2.12. The van der Waals surface area contributed by atoms with Crippen molar-refractivity contribution in [2.75, 3.05) is 5.32 Å². The van der Waals surface area contributed by atoms with Crippen LogP contribution in [0.3, 0.4) is 0 Å². The largest absolute Gasteiger partial charge is 0.376 e. The maximum Gasteiger partial charge on any atom is 0.0954 e. The van der Waals surface area contributed by atoms with Crippen molar-refractivity contribution in [3.8, 4) is 0 Å². The summed E-state index contributed by atoms with van der Waals surface area (Å²) in [6.07, 6.45) is 3.59. The third-order valence-electron chi connectivity index (χ3n) is 2.57. The summed E-state index contributed by atoms with van der Waals surface area (Å²) < 4.78 is 0.973. The van der Waals surface area contributed by atoms with Crippen molar-refractivity contribution < 1.29 is 0 Å². The molecule has 0 radical (unpaired) electrons. The van der Waals surface area contributed by atoms with Crippen LogP contribution in [0.25, 0.3) is 0 Å². The van der Waals surface area contributed by atoms with Crippen molar-refractivity contribution in [2.45, 2.75) is 32.7 Å². The average Bonchev–Trinajstić information content (AvgIpc) is 2.78. The quantitative estimate of drug-likeness (QED) is 0.892. The summed E-state index contributed by atoms with van der Waals surface area (Å²) >= 11 is 5.14. The van der Waals surface area contributed by atoms with Gasteiger partial charge in [-0.2, -0.15) is 0 Å². The van der Waals surface area contributed by atoms with Gasteiger partial charge >= 0.3 is 0 Å². The van der Waals surface area contributed by atoms with E-state index in [1.165, 1.54) is 5.01 Å². The highest BCUT2D eigenvalue weighted by Crippen LogP contribution is 2.25. The predicted molar refractivity (Wildman–Crippen MR) is 80.2 cm³/mol. The Hall–Kier alpha value is -0.940. The Morgan fingerprint density at radius 1 is 1.28 bits per heavy atom. The molecule has 1 unspecified atom stereocenters. The first-order valence-electron chi connectivity index (χ1n) is 5.88. The summed E-state index contributed by atoms with van der Waals surface area (Å²) in [5, 5.41) is 6.71. The molecule has 2 aromatic heterocycles. The predicted octanol–water partition coefficient (Wildman–Crippen LogP) is 4.60. The minimum absolute atomic E-state index is 0.185. The van der Waals surface area contributed by atoms with Gasteiger partial charge < -0.3 is 5.32 Å². The van der Waals surface area contributed by atoms with E-state index in [2.05, 4.69) is 57.4 Å². The van der Waals surface area contributed by atoms with Crippen LogP contribution in [0.5, 0.6) is 0 Å². The highest BCUT2D eigenvalue weighted by Gasteiger charge is 2.11. The summed E-state index contributed by atoms with van der Waals surface area (Å²) in [5.74, 6) is 0.489. The zero-order valence-corrected chi connectivity index (χ0v) is 13.0. The first-order chi connectivity index (χ1) is 8.56. The number of pyridine rings is 1. The van der Waals surface area contributed by atoms with Gasteiger partial charge in [0.1, 0.15) is 0 Å². The molecule has 1 atom stereocenters. The van der Waals surface area contributed by atoms with Crippen molar-refractivity contribution in [2.24, 2.45) is 0 Å². The van der Waals surface area contributed by atoms with Gasteiger partial charge in [0.25, 0.3) is 0 Å². The van der Waals surface area contributed by atoms with Gasteiger partial charge in [0.2, 0.25) is 0 Å². The molecular formula is C13H16BrN3S. The van der Waals surface area contributed by atoms with E-state index in [0.29, 0.717) is 5.92 Å².